The van der Waals surface area contributed by atoms with Crippen LogP contribution in [0, 0.1) is 12.7 Å². The Hall–Kier alpha value is -2.98. The van der Waals surface area contributed by atoms with Crippen molar-refractivity contribution in [3.8, 4) is 0 Å². The summed E-state index contributed by atoms with van der Waals surface area (Å²) in [6.07, 6.45) is 0. The summed E-state index contributed by atoms with van der Waals surface area (Å²) >= 11 is 2.43. The number of carbonyl (C=O) groups is 2. The summed E-state index contributed by atoms with van der Waals surface area (Å²) in [6.45, 7) is 1.91. The smallest absolute Gasteiger partial charge is 0.243 e. The number of carbonyl (C=O) groups excluding carboxylic acids is 2. The van der Waals surface area contributed by atoms with Gasteiger partial charge in [-0.2, -0.15) is 0 Å². The molecule has 0 saturated heterocycles. The molecule has 0 aliphatic heterocycles. The fourth-order valence-electron chi connectivity index (χ4n) is 2.37. The number of likely N-dealkylation sites (N-methyl/N-ethyl adjacent to an activating group) is 1. The molecular formula is C20H20FN5O2S2. The van der Waals surface area contributed by atoms with Gasteiger partial charge in [-0.3, -0.25) is 9.59 Å². The Morgan fingerprint density at radius 3 is 2.60 bits per heavy atom. The first-order chi connectivity index (χ1) is 14.4. The molecule has 2 amide bonds. The van der Waals surface area contributed by atoms with Crippen LogP contribution in [0.3, 0.4) is 0 Å². The van der Waals surface area contributed by atoms with Gasteiger partial charge < -0.3 is 15.5 Å². The molecule has 0 spiro atoms. The maximum Gasteiger partial charge on any atom is 0.243 e. The van der Waals surface area contributed by atoms with E-state index in [1.54, 1.807) is 25.2 Å². The van der Waals surface area contributed by atoms with Crippen LogP contribution < -0.4 is 10.6 Å². The molecule has 7 nitrogen and oxygen atoms in total. The van der Waals surface area contributed by atoms with E-state index in [2.05, 4.69) is 20.8 Å². The first-order valence-electron chi connectivity index (χ1n) is 8.99. The SMILES string of the molecule is Cc1ccc(NC(=O)CN(C)C(=O)CSc2nnc(Nc3ccccc3F)s2)cc1. The Kier molecular flexibility index (Phi) is 7.36. The molecule has 0 unspecified atom stereocenters. The van der Waals surface area contributed by atoms with Crippen molar-refractivity contribution < 1.29 is 14.0 Å². The lowest BCUT2D eigenvalue weighted by molar-refractivity contribution is -0.131. The highest BCUT2D eigenvalue weighted by Gasteiger charge is 2.15. The molecule has 0 saturated carbocycles. The normalized spacial score (nSPS) is 10.5. The molecule has 1 heterocycles. The molecule has 3 aromatic rings. The zero-order chi connectivity index (χ0) is 21.5. The van der Waals surface area contributed by atoms with Crippen LogP contribution in [0.25, 0.3) is 0 Å². The minimum absolute atomic E-state index is 0.0521. The molecule has 0 fully saturated rings. The molecule has 0 bridgehead atoms. The second kappa shape index (κ2) is 10.2. The number of anilines is 3. The number of rotatable bonds is 8. The fraction of sp³-hybridized carbons (Fsp3) is 0.200. The number of benzene rings is 2. The Labute approximate surface area is 181 Å². The maximum atomic E-state index is 13.7. The number of para-hydroxylation sites is 1. The lowest BCUT2D eigenvalue weighted by Crippen LogP contribution is -2.35. The van der Waals surface area contributed by atoms with Crippen LogP contribution in [0.4, 0.5) is 20.9 Å². The van der Waals surface area contributed by atoms with Gasteiger partial charge in [0.1, 0.15) is 5.82 Å². The number of aromatic nitrogens is 2. The highest BCUT2D eigenvalue weighted by molar-refractivity contribution is 8.01. The van der Waals surface area contributed by atoms with Crippen molar-refractivity contribution in [1.29, 1.82) is 0 Å². The predicted octanol–water partition coefficient (Wildman–Crippen LogP) is 3.92. The minimum atomic E-state index is -0.386. The lowest BCUT2D eigenvalue weighted by Gasteiger charge is -2.16. The predicted molar refractivity (Wildman–Crippen MR) is 118 cm³/mol. The van der Waals surface area contributed by atoms with E-state index in [0.717, 1.165) is 5.56 Å². The molecule has 30 heavy (non-hydrogen) atoms. The second-order valence-electron chi connectivity index (χ2n) is 6.43. The molecule has 10 heteroatoms. The van der Waals surface area contributed by atoms with Crippen molar-refractivity contribution in [2.24, 2.45) is 0 Å². The van der Waals surface area contributed by atoms with E-state index in [9.17, 15) is 14.0 Å². The zero-order valence-corrected chi connectivity index (χ0v) is 18.0. The third kappa shape index (κ3) is 6.26. The summed E-state index contributed by atoms with van der Waals surface area (Å²) in [5.74, 6) is -0.754. The van der Waals surface area contributed by atoms with Gasteiger partial charge >= 0.3 is 0 Å². The Morgan fingerprint density at radius 1 is 1.13 bits per heavy atom. The van der Waals surface area contributed by atoms with Crippen LogP contribution in [0.2, 0.25) is 0 Å². The van der Waals surface area contributed by atoms with E-state index in [-0.39, 0.29) is 29.9 Å². The highest BCUT2D eigenvalue weighted by Crippen LogP contribution is 2.28. The summed E-state index contributed by atoms with van der Waals surface area (Å²) in [6, 6.07) is 13.7. The Bertz CT molecular complexity index is 1030. The van der Waals surface area contributed by atoms with E-state index in [1.807, 2.05) is 31.2 Å². The number of hydrogen-bond donors (Lipinski definition) is 2. The van der Waals surface area contributed by atoms with E-state index < -0.39 is 0 Å². The van der Waals surface area contributed by atoms with Crippen LogP contribution in [0.1, 0.15) is 5.56 Å². The van der Waals surface area contributed by atoms with E-state index in [1.165, 1.54) is 34.1 Å². The summed E-state index contributed by atoms with van der Waals surface area (Å²) < 4.78 is 14.3. The van der Waals surface area contributed by atoms with Crippen LogP contribution in [0.15, 0.2) is 52.9 Å². The number of halogens is 1. The number of nitrogens with one attached hydrogen (secondary N) is 2. The average molecular weight is 446 g/mol. The van der Waals surface area contributed by atoms with Gasteiger partial charge in [0.15, 0.2) is 4.34 Å². The molecule has 3 rings (SSSR count). The Balaban J connectivity index is 1.45. The Morgan fingerprint density at radius 2 is 1.87 bits per heavy atom. The maximum absolute atomic E-state index is 13.7. The van der Waals surface area contributed by atoms with Crippen LogP contribution in [0.5, 0.6) is 0 Å². The molecule has 156 valence electrons. The molecular weight excluding hydrogens is 425 g/mol. The second-order valence-corrected chi connectivity index (χ2v) is 8.63. The molecule has 0 atom stereocenters. The average Bonchev–Trinajstić information content (AvgIpc) is 3.17. The lowest BCUT2D eigenvalue weighted by atomic mass is 10.2. The summed E-state index contributed by atoms with van der Waals surface area (Å²) in [5.41, 5.74) is 2.09. The van der Waals surface area contributed by atoms with Crippen molar-refractivity contribution in [3.05, 3.63) is 59.9 Å². The van der Waals surface area contributed by atoms with Crippen molar-refractivity contribution in [1.82, 2.24) is 15.1 Å². The van der Waals surface area contributed by atoms with Gasteiger partial charge in [0.25, 0.3) is 0 Å². The van der Waals surface area contributed by atoms with E-state index in [4.69, 9.17) is 0 Å². The topological polar surface area (TPSA) is 87.2 Å². The van der Waals surface area contributed by atoms with Crippen LogP contribution in [-0.2, 0) is 9.59 Å². The van der Waals surface area contributed by atoms with E-state index >= 15 is 0 Å². The number of aryl methyl sites for hydroxylation is 1. The molecule has 2 N–H and O–H groups in total. The van der Waals surface area contributed by atoms with E-state index in [0.29, 0.717) is 20.8 Å². The van der Waals surface area contributed by atoms with Gasteiger partial charge in [0.05, 0.1) is 18.0 Å². The van der Waals surface area contributed by atoms with Gasteiger partial charge in [-0.25, -0.2) is 4.39 Å². The molecule has 0 aliphatic carbocycles. The van der Waals surface area contributed by atoms with Gasteiger partial charge in [-0.05, 0) is 31.2 Å². The van der Waals surface area contributed by atoms with Crippen molar-refractivity contribution in [2.45, 2.75) is 11.3 Å². The fourth-order valence-corrected chi connectivity index (χ4v) is 4.08. The van der Waals surface area contributed by atoms with Crippen molar-refractivity contribution in [3.63, 3.8) is 0 Å². The molecule has 1 aromatic heterocycles. The first kappa shape index (κ1) is 21.7. The van der Waals surface area contributed by atoms with Crippen molar-refractivity contribution in [2.75, 3.05) is 30.0 Å². The first-order valence-corrected chi connectivity index (χ1v) is 10.8. The van der Waals surface area contributed by atoms with Crippen LogP contribution in [-0.4, -0.2) is 46.3 Å². The molecule has 0 radical (unpaired) electrons. The number of nitrogens with zero attached hydrogens (tertiary/aromatic N) is 3. The zero-order valence-electron chi connectivity index (χ0n) is 16.4. The number of hydrogen-bond acceptors (Lipinski definition) is 7. The molecule has 0 aliphatic rings. The third-order valence-electron chi connectivity index (χ3n) is 3.98. The summed E-state index contributed by atoms with van der Waals surface area (Å²) in [5, 5.41) is 14.0. The summed E-state index contributed by atoms with van der Waals surface area (Å²) in [7, 11) is 1.57. The van der Waals surface area contributed by atoms with Gasteiger partial charge in [0.2, 0.25) is 16.9 Å². The number of amides is 2. The van der Waals surface area contributed by atoms with Crippen LogP contribution >= 0.6 is 23.1 Å². The van der Waals surface area contributed by atoms with Gasteiger partial charge in [0, 0.05) is 12.7 Å². The highest BCUT2D eigenvalue weighted by atomic mass is 32.2. The third-order valence-corrected chi connectivity index (χ3v) is 5.94. The standard InChI is InChI=1S/C20H20FN5O2S2/c1-13-7-9-14(10-8-13)22-17(27)11-26(2)18(28)12-29-20-25-24-19(30-20)23-16-6-4-3-5-15(16)21/h3-10H,11-12H2,1-2H3,(H,22,27)(H,23,24). The largest absolute Gasteiger partial charge is 0.336 e. The molecule has 2 aromatic carbocycles. The van der Waals surface area contributed by atoms with Gasteiger partial charge in [-0.15, -0.1) is 10.2 Å². The summed E-state index contributed by atoms with van der Waals surface area (Å²) in [4.78, 5) is 25.8. The quantitative estimate of drug-likeness (QED) is 0.511. The monoisotopic (exact) mass is 445 g/mol. The minimum Gasteiger partial charge on any atom is -0.336 e. The van der Waals surface area contributed by atoms with Gasteiger partial charge in [-0.1, -0.05) is 52.9 Å². The number of thioether (sulfide) groups is 1. The van der Waals surface area contributed by atoms with Crippen molar-refractivity contribution >= 4 is 51.4 Å².